The second kappa shape index (κ2) is 6.79. The molecular weight excluding hydrogens is 258 g/mol. The van der Waals surface area contributed by atoms with Crippen molar-refractivity contribution >= 4 is 11.8 Å². The van der Waals surface area contributed by atoms with Gasteiger partial charge in [0.25, 0.3) is 5.91 Å². The average molecular weight is 272 g/mol. The standard InChI is InChI=1S/C12H14F2N2O3/c1-16(4-5-17)11(18)7-15-12(19)8-2-3-9(13)10(14)6-8/h2-3,6,17H,4-5,7H2,1H3,(H,15,19). The molecule has 0 bridgehead atoms. The van der Waals surface area contributed by atoms with Crippen molar-refractivity contribution in [2.24, 2.45) is 0 Å². The lowest BCUT2D eigenvalue weighted by Crippen LogP contribution is -2.39. The van der Waals surface area contributed by atoms with Crippen molar-refractivity contribution in [1.29, 1.82) is 0 Å². The van der Waals surface area contributed by atoms with Gasteiger partial charge in [0.05, 0.1) is 13.2 Å². The molecule has 0 unspecified atom stereocenters. The van der Waals surface area contributed by atoms with Crippen molar-refractivity contribution in [3.05, 3.63) is 35.4 Å². The number of carbonyl (C=O) groups excluding carboxylic acids is 2. The number of nitrogens with one attached hydrogen (secondary N) is 1. The number of halogens is 2. The molecule has 0 heterocycles. The van der Waals surface area contributed by atoms with Crippen LogP contribution in [0.2, 0.25) is 0 Å². The van der Waals surface area contributed by atoms with Gasteiger partial charge in [-0.2, -0.15) is 0 Å². The number of aliphatic hydroxyl groups is 1. The van der Waals surface area contributed by atoms with Crippen LogP contribution in [0.15, 0.2) is 18.2 Å². The second-order valence-corrected chi connectivity index (χ2v) is 3.85. The molecule has 19 heavy (non-hydrogen) atoms. The molecule has 0 fully saturated rings. The van der Waals surface area contributed by atoms with Gasteiger partial charge in [-0.15, -0.1) is 0 Å². The molecule has 0 aliphatic carbocycles. The van der Waals surface area contributed by atoms with E-state index in [0.717, 1.165) is 18.2 Å². The zero-order chi connectivity index (χ0) is 14.4. The lowest BCUT2D eigenvalue weighted by molar-refractivity contribution is -0.129. The highest BCUT2D eigenvalue weighted by Crippen LogP contribution is 2.08. The molecule has 1 aromatic carbocycles. The summed E-state index contributed by atoms with van der Waals surface area (Å²) in [5.74, 6) is -3.25. The Labute approximate surface area is 108 Å². The maximum Gasteiger partial charge on any atom is 0.251 e. The number of aliphatic hydroxyl groups excluding tert-OH is 1. The maximum absolute atomic E-state index is 12.9. The van der Waals surface area contributed by atoms with E-state index in [1.807, 2.05) is 0 Å². The van der Waals surface area contributed by atoms with Crippen LogP contribution in [0.5, 0.6) is 0 Å². The number of benzene rings is 1. The summed E-state index contributed by atoms with van der Waals surface area (Å²) in [6.45, 7) is -0.312. The Morgan fingerprint density at radius 3 is 2.58 bits per heavy atom. The second-order valence-electron chi connectivity index (χ2n) is 3.85. The van der Waals surface area contributed by atoms with Crippen LogP contribution < -0.4 is 5.32 Å². The Bertz CT molecular complexity index is 480. The number of carbonyl (C=O) groups is 2. The third-order valence-corrected chi connectivity index (χ3v) is 2.44. The van der Waals surface area contributed by atoms with Crippen molar-refractivity contribution < 1.29 is 23.5 Å². The normalized spacial score (nSPS) is 10.1. The van der Waals surface area contributed by atoms with Crippen LogP contribution in [0.1, 0.15) is 10.4 Å². The Kier molecular flexibility index (Phi) is 5.37. The van der Waals surface area contributed by atoms with E-state index in [9.17, 15) is 18.4 Å². The zero-order valence-electron chi connectivity index (χ0n) is 10.3. The van der Waals surface area contributed by atoms with Crippen molar-refractivity contribution in [2.75, 3.05) is 26.7 Å². The van der Waals surface area contributed by atoms with Gasteiger partial charge < -0.3 is 15.3 Å². The molecular formula is C12H14F2N2O3. The fourth-order valence-corrected chi connectivity index (χ4v) is 1.30. The molecule has 7 heteroatoms. The smallest absolute Gasteiger partial charge is 0.251 e. The minimum atomic E-state index is -1.13. The first-order valence-electron chi connectivity index (χ1n) is 5.53. The number of amides is 2. The van der Waals surface area contributed by atoms with E-state index in [2.05, 4.69) is 5.32 Å². The van der Waals surface area contributed by atoms with Crippen molar-refractivity contribution in [3.8, 4) is 0 Å². The van der Waals surface area contributed by atoms with E-state index in [0.29, 0.717) is 0 Å². The van der Waals surface area contributed by atoms with Gasteiger partial charge in [-0.3, -0.25) is 9.59 Å². The van der Waals surface area contributed by atoms with Gasteiger partial charge in [0, 0.05) is 19.2 Å². The summed E-state index contributed by atoms with van der Waals surface area (Å²) in [6, 6.07) is 2.71. The van der Waals surface area contributed by atoms with E-state index in [1.165, 1.54) is 11.9 Å². The van der Waals surface area contributed by atoms with E-state index < -0.39 is 23.4 Å². The minimum absolute atomic E-state index is 0.0727. The molecule has 0 aliphatic heterocycles. The van der Waals surface area contributed by atoms with Gasteiger partial charge in [-0.1, -0.05) is 0 Å². The first-order chi connectivity index (χ1) is 8.95. The van der Waals surface area contributed by atoms with E-state index in [1.54, 1.807) is 0 Å². The van der Waals surface area contributed by atoms with Crippen molar-refractivity contribution in [1.82, 2.24) is 10.2 Å². The van der Waals surface area contributed by atoms with Crippen LogP contribution in [0, 0.1) is 11.6 Å². The van der Waals surface area contributed by atoms with Crippen LogP contribution in [0.3, 0.4) is 0 Å². The number of likely N-dealkylation sites (N-methyl/N-ethyl adjacent to an activating group) is 1. The quantitative estimate of drug-likeness (QED) is 0.801. The predicted molar refractivity (Wildman–Crippen MR) is 63.4 cm³/mol. The molecule has 5 nitrogen and oxygen atoms in total. The summed E-state index contributed by atoms with van der Waals surface area (Å²) in [5, 5.41) is 10.9. The molecule has 1 aromatic rings. The minimum Gasteiger partial charge on any atom is -0.395 e. The molecule has 0 radical (unpaired) electrons. The molecule has 2 N–H and O–H groups in total. The summed E-state index contributed by atoms with van der Waals surface area (Å²) < 4.78 is 25.6. The summed E-state index contributed by atoms with van der Waals surface area (Å²) in [4.78, 5) is 24.3. The summed E-state index contributed by atoms with van der Waals surface area (Å²) in [6.07, 6.45) is 0. The zero-order valence-corrected chi connectivity index (χ0v) is 10.3. The van der Waals surface area contributed by atoms with Gasteiger partial charge in [-0.25, -0.2) is 8.78 Å². The average Bonchev–Trinajstić information content (AvgIpc) is 2.39. The highest BCUT2D eigenvalue weighted by Gasteiger charge is 2.12. The Morgan fingerprint density at radius 2 is 2.00 bits per heavy atom. The third kappa shape index (κ3) is 4.29. The largest absolute Gasteiger partial charge is 0.395 e. The monoisotopic (exact) mass is 272 g/mol. The summed E-state index contributed by atoms with van der Waals surface area (Å²) in [5.41, 5.74) is -0.0727. The molecule has 2 amide bonds. The van der Waals surface area contributed by atoms with E-state index in [4.69, 9.17) is 5.11 Å². The molecule has 0 atom stereocenters. The predicted octanol–water partition coefficient (Wildman–Crippen LogP) is 0.145. The molecule has 0 saturated heterocycles. The molecule has 1 rings (SSSR count). The summed E-state index contributed by atoms with van der Waals surface area (Å²) in [7, 11) is 1.47. The molecule has 0 spiro atoms. The molecule has 104 valence electrons. The van der Waals surface area contributed by atoms with Crippen LogP contribution in [-0.4, -0.2) is 48.6 Å². The van der Waals surface area contributed by atoms with Crippen LogP contribution >= 0.6 is 0 Å². The molecule has 0 aliphatic rings. The fourth-order valence-electron chi connectivity index (χ4n) is 1.30. The van der Waals surface area contributed by atoms with Gasteiger partial charge in [0.1, 0.15) is 0 Å². The van der Waals surface area contributed by atoms with Crippen molar-refractivity contribution in [3.63, 3.8) is 0 Å². The number of hydrogen-bond acceptors (Lipinski definition) is 3. The first-order valence-corrected chi connectivity index (χ1v) is 5.53. The van der Waals surface area contributed by atoms with E-state index >= 15 is 0 Å². The summed E-state index contributed by atoms with van der Waals surface area (Å²) >= 11 is 0. The van der Waals surface area contributed by atoms with Crippen LogP contribution in [-0.2, 0) is 4.79 Å². The van der Waals surface area contributed by atoms with Crippen LogP contribution in [0.25, 0.3) is 0 Å². The molecule has 0 saturated carbocycles. The fraction of sp³-hybridized carbons (Fsp3) is 0.333. The third-order valence-electron chi connectivity index (χ3n) is 2.44. The number of hydrogen-bond donors (Lipinski definition) is 2. The number of rotatable bonds is 5. The SMILES string of the molecule is CN(CCO)C(=O)CNC(=O)c1ccc(F)c(F)c1. The van der Waals surface area contributed by atoms with Gasteiger partial charge in [-0.05, 0) is 18.2 Å². The first kappa shape index (κ1) is 15.0. The lowest BCUT2D eigenvalue weighted by Gasteiger charge is -2.15. The lowest BCUT2D eigenvalue weighted by atomic mass is 10.2. The highest BCUT2D eigenvalue weighted by molar-refractivity contribution is 5.96. The Morgan fingerprint density at radius 1 is 1.32 bits per heavy atom. The number of nitrogens with zero attached hydrogens (tertiary/aromatic N) is 1. The Balaban J connectivity index is 2.56. The van der Waals surface area contributed by atoms with Gasteiger partial charge in [0.15, 0.2) is 11.6 Å². The van der Waals surface area contributed by atoms with Gasteiger partial charge in [0.2, 0.25) is 5.91 Å². The highest BCUT2D eigenvalue weighted by atomic mass is 19.2. The van der Waals surface area contributed by atoms with Gasteiger partial charge >= 0.3 is 0 Å². The van der Waals surface area contributed by atoms with Crippen molar-refractivity contribution in [2.45, 2.75) is 0 Å². The maximum atomic E-state index is 12.9. The molecule has 0 aromatic heterocycles. The van der Waals surface area contributed by atoms with E-state index in [-0.39, 0.29) is 25.3 Å². The topological polar surface area (TPSA) is 69.6 Å². The Hall–Kier alpha value is -2.02. The van der Waals surface area contributed by atoms with Crippen LogP contribution in [0.4, 0.5) is 8.78 Å².